The molecule has 0 aromatic heterocycles. The first-order valence-corrected chi connectivity index (χ1v) is 11.0. The lowest BCUT2D eigenvalue weighted by Gasteiger charge is -2.38. The Balaban J connectivity index is 1.94. The molecule has 3 rings (SSSR count). The molecule has 1 N–H and O–H groups in total. The molecule has 9 heteroatoms. The molecule has 33 heavy (non-hydrogen) atoms. The van der Waals surface area contributed by atoms with Crippen molar-refractivity contribution < 1.29 is 27.1 Å². The number of ether oxygens (including phenoxy) is 1. The molecule has 2 unspecified atom stereocenters. The molecule has 0 bridgehead atoms. The molecule has 1 aliphatic rings. The van der Waals surface area contributed by atoms with E-state index >= 15 is 0 Å². The van der Waals surface area contributed by atoms with Gasteiger partial charge in [0.25, 0.3) is 0 Å². The highest BCUT2D eigenvalue weighted by atomic mass is 32.2. The van der Waals surface area contributed by atoms with Crippen molar-refractivity contribution in [2.45, 2.75) is 31.1 Å². The SMILES string of the molecule is C=C1SC(Nc2ccc(/C=C/C(=O)OCC)cc2)(c2ccc(C(F)(F)F)c(F)c2)N(C)C1C. The molecule has 4 nitrogen and oxygen atoms in total. The minimum absolute atomic E-state index is 0.111. The van der Waals surface area contributed by atoms with E-state index < -0.39 is 28.5 Å². The standard InChI is InChI=1S/C24H24F4N2O2S/c1-5-32-22(31)13-8-17-6-10-19(11-7-17)29-24(30(4)15(2)16(3)33-24)18-9-12-20(21(25)14-18)23(26,27)28/h6-15,29H,3,5H2,1-2,4H3/b13-8+. The van der Waals surface area contributed by atoms with Crippen LogP contribution in [0, 0.1) is 5.82 Å². The van der Waals surface area contributed by atoms with E-state index in [1.54, 1.807) is 44.3 Å². The van der Waals surface area contributed by atoms with Crippen molar-refractivity contribution in [1.29, 1.82) is 0 Å². The van der Waals surface area contributed by atoms with Crippen molar-refractivity contribution in [1.82, 2.24) is 4.90 Å². The maximum atomic E-state index is 14.4. The van der Waals surface area contributed by atoms with Crippen molar-refractivity contribution in [2.75, 3.05) is 19.0 Å². The molecule has 0 spiro atoms. The molecular formula is C24H24F4N2O2S. The number of thioether (sulfide) groups is 1. The number of benzene rings is 2. The van der Waals surface area contributed by atoms with Crippen molar-refractivity contribution >= 4 is 29.5 Å². The summed E-state index contributed by atoms with van der Waals surface area (Å²) < 4.78 is 58.5. The maximum absolute atomic E-state index is 14.4. The first-order valence-electron chi connectivity index (χ1n) is 10.2. The number of hydrogen-bond donors (Lipinski definition) is 1. The summed E-state index contributed by atoms with van der Waals surface area (Å²) in [6.45, 7) is 7.98. The number of carbonyl (C=O) groups is 1. The molecule has 2 aromatic carbocycles. The van der Waals surface area contributed by atoms with E-state index in [1.165, 1.54) is 23.9 Å². The summed E-state index contributed by atoms with van der Waals surface area (Å²) in [6, 6.07) is 9.94. The van der Waals surface area contributed by atoms with Crippen LogP contribution in [0.2, 0.25) is 0 Å². The van der Waals surface area contributed by atoms with Gasteiger partial charge in [0.05, 0.1) is 12.2 Å². The van der Waals surface area contributed by atoms with Gasteiger partial charge in [-0.3, -0.25) is 4.90 Å². The summed E-state index contributed by atoms with van der Waals surface area (Å²) >= 11 is 1.32. The molecule has 1 heterocycles. The van der Waals surface area contributed by atoms with Crippen LogP contribution in [0.15, 0.2) is 60.0 Å². The Morgan fingerprint density at radius 3 is 2.45 bits per heavy atom. The molecule has 2 atom stereocenters. The quantitative estimate of drug-likeness (QED) is 0.302. The van der Waals surface area contributed by atoms with E-state index in [-0.39, 0.29) is 12.6 Å². The second-order valence-corrected chi connectivity index (χ2v) is 8.84. The van der Waals surface area contributed by atoms with Crippen LogP contribution < -0.4 is 5.32 Å². The lowest BCUT2D eigenvalue weighted by atomic mass is 10.1. The Bertz CT molecular complexity index is 1070. The number of carbonyl (C=O) groups excluding carboxylic acids is 1. The lowest BCUT2D eigenvalue weighted by molar-refractivity contribution is -0.140. The first-order chi connectivity index (χ1) is 15.5. The Kier molecular flexibility index (Phi) is 7.23. The van der Waals surface area contributed by atoms with Gasteiger partial charge in [0.2, 0.25) is 0 Å². The fourth-order valence-electron chi connectivity index (χ4n) is 3.47. The number of nitrogens with zero attached hydrogens (tertiary/aromatic N) is 1. The number of rotatable bonds is 6. The van der Waals surface area contributed by atoms with E-state index in [0.29, 0.717) is 11.3 Å². The van der Waals surface area contributed by atoms with E-state index in [2.05, 4.69) is 11.9 Å². The first kappa shape index (κ1) is 24.9. The van der Waals surface area contributed by atoms with Gasteiger partial charge in [0.15, 0.2) is 4.99 Å². The van der Waals surface area contributed by atoms with Crippen LogP contribution in [0.3, 0.4) is 0 Å². The average molecular weight is 481 g/mol. The maximum Gasteiger partial charge on any atom is 0.419 e. The summed E-state index contributed by atoms with van der Waals surface area (Å²) in [6.07, 6.45) is -1.84. The second kappa shape index (κ2) is 9.61. The van der Waals surface area contributed by atoms with Crippen molar-refractivity contribution in [3.8, 4) is 0 Å². The van der Waals surface area contributed by atoms with E-state index in [1.807, 2.05) is 11.8 Å². The summed E-state index contributed by atoms with van der Waals surface area (Å²) in [7, 11) is 1.80. The summed E-state index contributed by atoms with van der Waals surface area (Å²) in [4.78, 5) is 13.1. The fourth-order valence-corrected chi connectivity index (χ4v) is 4.89. The van der Waals surface area contributed by atoms with Crippen LogP contribution in [-0.4, -0.2) is 30.6 Å². The van der Waals surface area contributed by atoms with Gasteiger partial charge in [-0.15, -0.1) is 0 Å². The van der Waals surface area contributed by atoms with Gasteiger partial charge >= 0.3 is 12.1 Å². The number of esters is 1. The summed E-state index contributed by atoms with van der Waals surface area (Å²) in [5, 5.41) is 3.34. The van der Waals surface area contributed by atoms with Gasteiger partial charge < -0.3 is 10.1 Å². The molecule has 0 amide bonds. The number of likely N-dealkylation sites (N-methyl/N-ethyl adjacent to an activating group) is 1. The molecule has 0 radical (unpaired) electrons. The van der Waals surface area contributed by atoms with Crippen LogP contribution in [-0.2, 0) is 20.7 Å². The zero-order valence-corrected chi connectivity index (χ0v) is 19.2. The molecule has 0 saturated carbocycles. The third kappa shape index (κ3) is 5.25. The molecule has 2 aromatic rings. The minimum atomic E-state index is -4.78. The van der Waals surface area contributed by atoms with Crippen LogP contribution in [0.25, 0.3) is 6.08 Å². The van der Waals surface area contributed by atoms with Crippen molar-refractivity contribution in [3.63, 3.8) is 0 Å². The third-order valence-corrected chi connectivity index (χ3v) is 6.94. The van der Waals surface area contributed by atoms with Gasteiger partial charge in [0, 0.05) is 23.4 Å². The zero-order chi connectivity index (χ0) is 24.4. The highest BCUT2D eigenvalue weighted by molar-refractivity contribution is 8.04. The highest BCUT2D eigenvalue weighted by Gasteiger charge is 2.48. The lowest BCUT2D eigenvalue weighted by Crippen LogP contribution is -2.46. The van der Waals surface area contributed by atoms with Gasteiger partial charge in [-0.1, -0.05) is 36.5 Å². The Morgan fingerprint density at radius 2 is 1.94 bits per heavy atom. The Labute approximate surface area is 194 Å². The van der Waals surface area contributed by atoms with Crippen LogP contribution in [0.4, 0.5) is 23.2 Å². The fraction of sp³-hybridized carbons (Fsp3) is 0.292. The summed E-state index contributed by atoms with van der Waals surface area (Å²) in [5.41, 5.74) is 0.437. The number of alkyl halides is 3. The largest absolute Gasteiger partial charge is 0.463 e. The normalized spacial score (nSPS) is 21.5. The predicted octanol–water partition coefficient (Wildman–Crippen LogP) is 6.22. The van der Waals surface area contributed by atoms with E-state index in [0.717, 1.165) is 22.6 Å². The number of hydrogen-bond acceptors (Lipinski definition) is 5. The van der Waals surface area contributed by atoms with Gasteiger partial charge in [-0.05, 0) is 61.7 Å². The minimum Gasteiger partial charge on any atom is -0.463 e. The third-order valence-electron chi connectivity index (χ3n) is 5.41. The molecular weight excluding hydrogens is 456 g/mol. The van der Waals surface area contributed by atoms with E-state index in [9.17, 15) is 22.4 Å². The molecule has 1 aliphatic heterocycles. The van der Waals surface area contributed by atoms with Crippen molar-refractivity contribution in [3.05, 3.63) is 82.5 Å². The number of anilines is 1. The number of halogens is 4. The Morgan fingerprint density at radius 1 is 1.27 bits per heavy atom. The van der Waals surface area contributed by atoms with Gasteiger partial charge in [0.1, 0.15) is 5.82 Å². The number of nitrogens with one attached hydrogen (secondary N) is 1. The predicted molar refractivity (Wildman–Crippen MR) is 123 cm³/mol. The second-order valence-electron chi connectivity index (χ2n) is 7.52. The van der Waals surface area contributed by atoms with Crippen LogP contribution in [0.1, 0.15) is 30.5 Å². The summed E-state index contributed by atoms with van der Waals surface area (Å²) in [5.74, 6) is -1.78. The molecule has 1 fully saturated rings. The smallest absolute Gasteiger partial charge is 0.419 e. The molecule has 0 aliphatic carbocycles. The van der Waals surface area contributed by atoms with E-state index in [4.69, 9.17) is 4.74 Å². The van der Waals surface area contributed by atoms with Gasteiger partial charge in [-0.25, -0.2) is 9.18 Å². The van der Waals surface area contributed by atoms with Crippen LogP contribution >= 0.6 is 11.8 Å². The topological polar surface area (TPSA) is 41.6 Å². The highest BCUT2D eigenvalue weighted by Crippen LogP contribution is 2.52. The average Bonchev–Trinajstić information content (AvgIpc) is 2.97. The van der Waals surface area contributed by atoms with Crippen molar-refractivity contribution in [2.24, 2.45) is 0 Å². The van der Waals surface area contributed by atoms with Gasteiger partial charge in [-0.2, -0.15) is 13.2 Å². The Hall–Kier alpha value is -2.78. The van der Waals surface area contributed by atoms with Crippen LogP contribution in [0.5, 0.6) is 0 Å². The molecule has 176 valence electrons. The molecule has 1 saturated heterocycles. The zero-order valence-electron chi connectivity index (χ0n) is 18.4. The monoisotopic (exact) mass is 480 g/mol.